The monoisotopic (exact) mass is 362 g/mol. The lowest BCUT2D eigenvalue weighted by Gasteiger charge is -2.16. The SMILES string of the molecule is O=C(Nc1c(Cl)cccc1Cl)C1(c2c[nH]c3ccc(F)cc23)CC1. The molecule has 1 heterocycles. The number of rotatable bonds is 3. The Balaban J connectivity index is 1.72. The van der Waals surface area contributed by atoms with E-state index < -0.39 is 5.41 Å². The van der Waals surface area contributed by atoms with Crippen molar-refractivity contribution < 1.29 is 9.18 Å². The molecule has 122 valence electrons. The lowest BCUT2D eigenvalue weighted by atomic mass is 9.94. The van der Waals surface area contributed by atoms with Gasteiger partial charge in [0.15, 0.2) is 0 Å². The maximum absolute atomic E-state index is 13.6. The van der Waals surface area contributed by atoms with Gasteiger partial charge in [-0.2, -0.15) is 0 Å². The van der Waals surface area contributed by atoms with E-state index in [0.717, 1.165) is 16.5 Å². The minimum atomic E-state index is -0.672. The van der Waals surface area contributed by atoms with E-state index in [1.54, 1.807) is 30.5 Å². The fourth-order valence-corrected chi connectivity index (χ4v) is 3.57. The molecule has 0 saturated heterocycles. The summed E-state index contributed by atoms with van der Waals surface area (Å²) in [6.45, 7) is 0. The number of hydrogen-bond acceptors (Lipinski definition) is 1. The number of benzene rings is 2. The highest BCUT2D eigenvalue weighted by molar-refractivity contribution is 6.39. The van der Waals surface area contributed by atoms with Crippen LogP contribution >= 0.6 is 23.2 Å². The number of aromatic amines is 1. The van der Waals surface area contributed by atoms with Gasteiger partial charge in [0.25, 0.3) is 0 Å². The van der Waals surface area contributed by atoms with Crippen molar-refractivity contribution in [3.8, 4) is 0 Å². The molecule has 2 N–H and O–H groups in total. The number of carbonyl (C=O) groups excluding carboxylic acids is 1. The highest BCUT2D eigenvalue weighted by atomic mass is 35.5. The zero-order chi connectivity index (χ0) is 16.9. The van der Waals surface area contributed by atoms with Crippen LogP contribution in [0.25, 0.3) is 10.9 Å². The quantitative estimate of drug-likeness (QED) is 0.653. The normalized spacial score (nSPS) is 15.5. The van der Waals surface area contributed by atoms with Crippen molar-refractivity contribution in [2.24, 2.45) is 0 Å². The van der Waals surface area contributed by atoms with E-state index >= 15 is 0 Å². The molecule has 0 aliphatic heterocycles. The zero-order valence-corrected chi connectivity index (χ0v) is 14.0. The van der Waals surface area contributed by atoms with Crippen LogP contribution in [-0.2, 0) is 10.2 Å². The third kappa shape index (κ3) is 2.38. The Labute approximate surface area is 147 Å². The van der Waals surface area contributed by atoms with Gasteiger partial charge in [0.1, 0.15) is 5.82 Å². The molecule has 1 amide bonds. The summed E-state index contributed by atoms with van der Waals surface area (Å²) in [5.41, 5.74) is 1.34. The zero-order valence-electron chi connectivity index (χ0n) is 12.5. The first-order valence-electron chi connectivity index (χ1n) is 7.54. The van der Waals surface area contributed by atoms with Gasteiger partial charge < -0.3 is 10.3 Å². The first-order chi connectivity index (χ1) is 11.5. The molecular formula is C18H13Cl2FN2O. The predicted molar refractivity (Wildman–Crippen MR) is 94.3 cm³/mol. The molecule has 6 heteroatoms. The molecule has 0 unspecified atom stereocenters. The molecule has 0 spiro atoms. The number of para-hydroxylation sites is 1. The van der Waals surface area contributed by atoms with Crippen molar-refractivity contribution >= 4 is 45.7 Å². The summed E-state index contributed by atoms with van der Waals surface area (Å²) in [6.07, 6.45) is 3.18. The molecule has 2 aromatic carbocycles. The number of anilines is 1. The molecule has 24 heavy (non-hydrogen) atoms. The highest BCUT2D eigenvalue weighted by Crippen LogP contribution is 2.51. The average Bonchev–Trinajstić information content (AvgIpc) is 3.25. The summed E-state index contributed by atoms with van der Waals surface area (Å²) in [4.78, 5) is 16.0. The molecule has 3 nitrogen and oxygen atoms in total. The standard InChI is InChI=1S/C18H13Cl2FN2O/c19-13-2-1-3-14(20)16(13)23-17(24)18(6-7-18)12-9-22-15-5-4-10(21)8-11(12)15/h1-5,8-9,22H,6-7H2,(H,23,24). The Morgan fingerprint density at radius 2 is 1.88 bits per heavy atom. The van der Waals surface area contributed by atoms with Gasteiger partial charge >= 0.3 is 0 Å². The van der Waals surface area contributed by atoms with E-state index in [-0.39, 0.29) is 11.7 Å². The Bertz CT molecular complexity index is 943. The summed E-state index contributed by atoms with van der Waals surface area (Å²) < 4.78 is 13.6. The van der Waals surface area contributed by atoms with Gasteiger partial charge in [0.05, 0.1) is 21.1 Å². The Hall–Kier alpha value is -2.04. The Kier molecular flexibility index (Phi) is 3.55. The number of H-pyrrole nitrogens is 1. The topological polar surface area (TPSA) is 44.9 Å². The van der Waals surface area contributed by atoms with Gasteiger partial charge in [-0.3, -0.25) is 4.79 Å². The number of carbonyl (C=O) groups is 1. The molecule has 0 bridgehead atoms. The van der Waals surface area contributed by atoms with Crippen LogP contribution in [0.4, 0.5) is 10.1 Å². The van der Waals surface area contributed by atoms with Gasteiger partial charge in [-0.15, -0.1) is 0 Å². The van der Waals surface area contributed by atoms with Crippen LogP contribution in [0.15, 0.2) is 42.6 Å². The minimum Gasteiger partial charge on any atom is -0.361 e. The number of amides is 1. The van der Waals surface area contributed by atoms with Crippen LogP contribution in [0, 0.1) is 5.82 Å². The minimum absolute atomic E-state index is 0.178. The fourth-order valence-electron chi connectivity index (χ4n) is 3.08. The van der Waals surface area contributed by atoms with Gasteiger partial charge in [0, 0.05) is 17.1 Å². The summed E-state index contributed by atoms with van der Waals surface area (Å²) in [6, 6.07) is 9.58. The smallest absolute Gasteiger partial charge is 0.235 e. The van der Waals surface area contributed by atoms with E-state index in [1.807, 2.05) is 0 Å². The molecule has 1 aliphatic carbocycles. The van der Waals surface area contributed by atoms with Gasteiger partial charge in [0.2, 0.25) is 5.91 Å². The van der Waals surface area contributed by atoms with E-state index in [1.165, 1.54) is 12.1 Å². The first-order valence-corrected chi connectivity index (χ1v) is 8.29. The van der Waals surface area contributed by atoms with E-state index in [2.05, 4.69) is 10.3 Å². The molecule has 0 radical (unpaired) electrons. The summed E-state index contributed by atoms with van der Waals surface area (Å²) in [7, 11) is 0. The van der Waals surface area contributed by atoms with Crippen LogP contribution in [0.2, 0.25) is 10.0 Å². The summed E-state index contributed by atoms with van der Waals surface area (Å²) >= 11 is 12.3. The summed E-state index contributed by atoms with van der Waals surface area (Å²) in [5.74, 6) is -0.503. The second-order valence-corrected chi connectivity index (χ2v) is 6.84. The molecule has 1 aromatic heterocycles. The van der Waals surface area contributed by atoms with E-state index in [4.69, 9.17) is 23.2 Å². The number of hydrogen-bond donors (Lipinski definition) is 2. The van der Waals surface area contributed by atoms with E-state index in [9.17, 15) is 9.18 Å². The van der Waals surface area contributed by atoms with Crippen molar-refractivity contribution in [3.63, 3.8) is 0 Å². The third-order valence-corrected chi connectivity index (χ3v) is 5.18. The van der Waals surface area contributed by atoms with Crippen LogP contribution < -0.4 is 5.32 Å². The van der Waals surface area contributed by atoms with E-state index in [0.29, 0.717) is 28.6 Å². The maximum Gasteiger partial charge on any atom is 0.235 e. The van der Waals surface area contributed by atoms with Gasteiger partial charge in [-0.1, -0.05) is 29.3 Å². The number of aromatic nitrogens is 1. The lowest BCUT2D eigenvalue weighted by Crippen LogP contribution is -2.28. The fraction of sp³-hybridized carbons (Fsp3) is 0.167. The average molecular weight is 363 g/mol. The van der Waals surface area contributed by atoms with Crippen molar-refractivity contribution in [1.29, 1.82) is 0 Å². The maximum atomic E-state index is 13.6. The summed E-state index contributed by atoms with van der Waals surface area (Å²) in [5, 5.41) is 4.34. The molecule has 1 fully saturated rings. The molecular weight excluding hydrogens is 350 g/mol. The van der Waals surface area contributed by atoms with Gasteiger partial charge in [-0.05, 0) is 48.7 Å². The van der Waals surface area contributed by atoms with Crippen LogP contribution in [0.1, 0.15) is 18.4 Å². The van der Waals surface area contributed by atoms with Crippen molar-refractivity contribution in [1.82, 2.24) is 4.98 Å². The molecule has 4 rings (SSSR count). The van der Waals surface area contributed by atoms with Crippen LogP contribution in [0.3, 0.4) is 0 Å². The lowest BCUT2D eigenvalue weighted by molar-refractivity contribution is -0.118. The van der Waals surface area contributed by atoms with Crippen LogP contribution in [0.5, 0.6) is 0 Å². The third-order valence-electron chi connectivity index (χ3n) is 4.55. The number of nitrogens with one attached hydrogen (secondary N) is 2. The Morgan fingerprint density at radius 3 is 2.54 bits per heavy atom. The second kappa shape index (κ2) is 5.50. The molecule has 0 atom stereocenters. The van der Waals surface area contributed by atoms with Crippen molar-refractivity contribution in [2.45, 2.75) is 18.3 Å². The predicted octanol–water partition coefficient (Wildman–Crippen LogP) is 5.28. The first kappa shape index (κ1) is 15.5. The van der Waals surface area contributed by atoms with Crippen LogP contribution in [-0.4, -0.2) is 10.9 Å². The molecule has 1 saturated carbocycles. The molecule has 1 aliphatic rings. The number of halogens is 3. The highest BCUT2D eigenvalue weighted by Gasteiger charge is 2.52. The largest absolute Gasteiger partial charge is 0.361 e. The molecule has 3 aromatic rings. The second-order valence-electron chi connectivity index (χ2n) is 6.03. The Morgan fingerprint density at radius 1 is 1.17 bits per heavy atom. The van der Waals surface area contributed by atoms with Crippen molar-refractivity contribution in [2.75, 3.05) is 5.32 Å². The number of fused-ring (bicyclic) bond motifs is 1. The van der Waals surface area contributed by atoms with Crippen molar-refractivity contribution in [3.05, 3.63) is 64.0 Å². The van der Waals surface area contributed by atoms with Gasteiger partial charge in [-0.25, -0.2) is 4.39 Å².